The van der Waals surface area contributed by atoms with Crippen molar-refractivity contribution in [2.45, 2.75) is 41.5 Å². The third kappa shape index (κ3) is 2.86. The van der Waals surface area contributed by atoms with Crippen LogP contribution in [-0.4, -0.2) is 11.1 Å². The summed E-state index contributed by atoms with van der Waals surface area (Å²) in [7, 11) is 0. The molecule has 0 aromatic heterocycles. The summed E-state index contributed by atoms with van der Waals surface area (Å²) in [4.78, 5) is 10.8. The topological polar surface area (TPSA) is 37.3 Å². The predicted molar refractivity (Wildman–Crippen MR) is 59.2 cm³/mol. The Morgan fingerprint density at radius 1 is 1.21 bits per heavy atom. The highest BCUT2D eigenvalue weighted by molar-refractivity contribution is 5.85. The highest BCUT2D eigenvalue weighted by Crippen LogP contribution is 2.37. The zero-order valence-corrected chi connectivity index (χ0v) is 10.1. The monoisotopic (exact) mass is 198 g/mol. The summed E-state index contributed by atoms with van der Waals surface area (Å²) in [6.07, 6.45) is 1.89. The fourth-order valence-electron chi connectivity index (χ4n) is 1.53. The minimum absolute atomic E-state index is 0.0392. The molecule has 0 fully saturated rings. The van der Waals surface area contributed by atoms with Crippen LogP contribution in [0.1, 0.15) is 41.5 Å². The van der Waals surface area contributed by atoms with Crippen molar-refractivity contribution in [2.24, 2.45) is 17.3 Å². The van der Waals surface area contributed by atoms with Crippen LogP contribution in [0.2, 0.25) is 0 Å². The van der Waals surface area contributed by atoms with Crippen LogP contribution in [-0.2, 0) is 4.79 Å². The maximum Gasteiger partial charge on any atom is 0.330 e. The highest BCUT2D eigenvalue weighted by Gasteiger charge is 2.30. The molecule has 0 aromatic rings. The van der Waals surface area contributed by atoms with E-state index in [1.165, 1.54) is 0 Å². The molecule has 2 nitrogen and oxygen atoms in total. The average molecular weight is 198 g/mol. The van der Waals surface area contributed by atoms with Gasteiger partial charge in [0.2, 0.25) is 0 Å². The van der Waals surface area contributed by atoms with Crippen LogP contribution in [0.4, 0.5) is 0 Å². The molecule has 2 heteroatoms. The number of carboxylic acids is 1. The molecule has 82 valence electrons. The quantitative estimate of drug-likeness (QED) is 0.703. The lowest BCUT2D eigenvalue weighted by Crippen LogP contribution is -2.28. The van der Waals surface area contributed by atoms with Gasteiger partial charge in [-0.3, -0.25) is 0 Å². The van der Waals surface area contributed by atoms with E-state index in [9.17, 15) is 4.79 Å². The first-order valence-corrected chi connectivity index (χ1v) is 5.14. The molecule has 0 rings (SSSR count). The number of aliphatic carboxylic acids is 1. The summed E-state index contributed by atoms with van der Waals surface area (Å²) < 4.78 is 0. The van der Waals surface area contributed by atoms with Crippen LogP contribution in [0, 0.1) is 17.3 Å². The van der Waals surface area contributed by atoms with Gasteiger partial charge >= 0.3 is 5.97 Å². The summed E-state index contributed by atoms with van der Waals surface area (Å²) >= 11 is 0. The van der Waals surface area contributed by atoms with Gasteiger partial charge in [-0.2, -0.15) is 0 Å². The lowest BCUT2D eigenvalue weighted by Gasteiger charge is -2.35. The standard InChI is InChI=1S/C12H22O2/c1-8(2)12(6,9(3)4)7-10(5)11(13)14/h7-9H,1-6H3,(H,13,14). The van der Waals surface area contributed by atoms with Crippen molar-refractivity contribution < 1.29 is 9.90 Å². The lowest BCUT2D eigenvalue weighted by atomic mass is 9.70. The largest absolute Gasteiger partial charge is 0.478 e. The lowest BCUT2D eigenvalue weighted by molar-refractivity contribution is -0.132. The van der Waals surface area contributed by atoms with Crippen molar-refractivity contribution in [3.8, 4) is 0 Å². The molecule has 0 aliphatic heterocycles. The van der Waals surface area contributed by atoms with Gasteiger partial charge in [-0.25, -0.2) is 4.79 Å². The van der Waals surface area contributed by atoms with E-state index in [0.717, 1.165) is 0 Å². The predicted octanol–water partition coefficient (Wildman–Crippen LogP) is 3.34. The van der Waals surface area contributed by atoms with E-state index in [1.807, 2.05) is 6.08 Å². The molecule has 0 aromatic carbocycles. The maximum absolute atomic E-state index is 10.8. The van der Waals surface area contributed by atoms with E-state index in [0.29, 0.717) is 17.4 Å². The van der Waals surface area contributed by atoms with Crippen LogP contribution >= 0.6 is 0 Å². The van der Waals surface area contributed by atoms with E-state index in [1.54, 1.807) is 6.92 Å². The van der Waals surface area contributed by atoms with Gasteiger partial charge in [0.1, 0.15) is 0 Å². The zero-order valence-electron chi connectivity index (χ0n) is 10.1. The van der Waals surface area contributed by atoms with Gasteiger partial charge in [0.25, 0.3) is 0 Å². The van der Waals surface area contributed by atoms with Gasteiger partial charge in [0.05, 0.1) is 0 Å². The fraction of sp³-hybridized carbons (Fsp3) is 0.750. The Kier molecular flexibility index (Phi) is 4.37. The summed E-state index contributed by atoms with van der Waals surface area (Å²) in [5, 5.41) is 8.84. The Labute approximate surface area is 87.0 Å². The first-order chi connectivity index (χ1) is 6.21. The van der Waals surface area contributed by atoms with Gasteiger partial charge < -0.3 is 5.11 Å². The minimum Gasteiger partial charge on any atom is -0.478 e. The SMILES string of the molecule is CC(=CC(C)(C(C)C)C(C)C)C(=O)O. The smallest absolute Gasteiger partial charge is 0.330 e. The summed E-state index contributed by atoms with van der Waals surface area (Å²) in [5.41, 5.74) is 0.401. The normalized spacial score (nSPS) is 13.9. The molecule has 0 unspecified atom stereocenters. The average Bonchev–Trinajstić information content (AvgIpc) is 2.02. The third-order valence-corrected chi connectivity index (χ3v) is 3.35. The summed E-state index contributed by atoms with van der Waals surface area (Å²) in [6, 6.07) is 0. The van der Waals surface area contributed by atoms with E-state index in [-0.39, 0.29) is 5.41 Å². The molecule has 0 radical (unpaired) electrons. The molecule has 0 saturated heterocycles. The molecule has 0 aliphatic carbocycles. The van der Waals surface area contributed by atoms with Gasteiger partial charge in [0.15, 0.2) is 0 Å². The van der Waals surface area contributed by atoms with Crippen molar-refractivity contribution in [2.75, 3.05) is 0 Å². The molecule has 0 bridgehead atoms. The van der Waals surface area contributed by atoms with Crippen molar-refractivity contribution in [1.29, 1.82) is 0 Å². The van der Waals surface area contributed by atoms with E-state index in [4.69, 9.17) is 5.11 Å². The van der Waals surface area contributed by atoms with Gasteiger partial charge in [-0.1, -0.05) is 40.7 Å². The molecule has 0 amide bonds. The van der Waals surface area contributed by atoms with Crippen molar-refractivity contribution in [1.82, 2.24) is 0 Å². The number of carbonyl (C=O) groups is 1. The van der Waals surface area contributed by atoms with Crippen LogP contribution in [0.15, 0.2) is 11.6 Å². The Hall–Kier alpha value is -0.790. The molecule has 0 spiro atoms. The summed E-state index contributed by atoms with van der Waals surface area (Å²) in [5.74, 6) is 0.0612. The van der Waals surface area contributed by atoms with Crippen LogP contribution < -0.4 is 0 Å². The molecule has 14 heavy (non-hydrogen) atoms. The minimum atomic E-state index is -0.822. The fourth-order valence-corrected chi connectivity index (χ4v) is 1.53. The Balaban J connectivity index is 5.05. The molecule has 0 heterocycles. The Morgan fingerprint density at radius 3 is 1.79 bits per heavy atom. The first-order valence-electron chi connectivity index (χ1n) is 5.14. The van der Waals surface area contributed by atoms with E-state index in [2.05, 4.69) is 34.6 Å². The van der Waals surface area contributed by atoms with E-state index < -0.39 is 5.97 Å². The van der Waals surface area contributed by atoms with Crippen molar-refractivity contribution in [3.63, 3.8) is 0 Å². The molecule has 0 atom stereocenters. The van der Waals surface area contributed by atoms with Crippen molar-refractivity contribution in [3.05, 3.63) is 11.6 Å². The van der Waals surface area contributed by atoms with Crippen LogP contribution in [0.25, 0.3) is 0 Å². The Morgan fingerprint density at radius 2 is 1.57 bits per heavy atom. The molecule has 0 saturated carbocycles. The molecular formula is C12H22O2. The number of rotatable bonds is 4. The number of hydrogen-bond donors (Lipinski definition) is 1. The summed E-state index contributed by atoms with van der Waals surface area (Å²) in [6.45, 7) is 12.3. The molecule has 1 N–H and O–H groups in total. The first kappa shape index (κ1) is 13.2. The number of allylic oxidation sites excluding steroid dienone is 1. The Bertz CT molecular complexity index is 229. The van der Waals surface area contributed by atoms with Crippen LogP contribution in [0.5, 0.6) is 0 Å². The second-order valence-electron chi connectivity index (χ2n) is 4.81. The molecule has 0 aliphatic rings. The number of hydrogen-bond acceptors (Lipinski definition) is 1. The number of carboxylic acid groups (broad SMARTS) is 1. The second kappa shape index (κ2) is 4.63. The zero-order chi connectivity index (χ0) is 11.5. The van der Waals surface area contributed by atoms with Gasteiger partial charge in [-0.05, 0) is 24.2 Å². The highest BCUT2D eigenvalue weighted by atomic mass is 16.4. The third-order valence-electron chi connectivity index (χ3n) is 3.35. The maximum atomic E-state index is 10.8. The van der Waals surface area contributed by atoms with Gasteiger partial charge in [0, 0.05) is 5.57 Å². The molecular weight excluding hydrogens is 176 g/mol. The van der Waals surface area contributed by atoms with Crippen LogP contribution in [0.3, 0.4) is 0 Å². The van der Waals surface area contributed by atoms with E-state index >= 15 is 0 Å². The van der Waals surface area contributed by atoms with Crippen molar-refractivity contribution >= 4 is 5.97 Å². The second-order valence-corrected chi connectivity index (χ2v) is 4.81. The van der Waals surface area contributed by atoms with Gasteiger partial charge in [-0.15, -0.1) is 0 Å².